The van der Waals surface area contributed by atoms with Crippen LogP contribution in [0.1, 0.15) is 13.8 Å². The van der Waals surface area contributed by atoms with Crippen LogP contribution in [-0.4, -0.2) is 240 Å². The Labute approximate surface area is 484 Å². The summed E-state index contributed by atoms with van der Waals surface area (Å²) in [6, 6.07) is 24.0. The van der Waals surface area contributed by atoms with E-state index in [0.717, 1.165) is 66.4 Å². The molecule has 4 saturated heterocycles. The Balaban J connectivity index is 0.000000133. The maximum absolute atomic E-state index is 12.2. The molecule has 8 heterocycles. The van der Waals surface area contributed by atoms with E-state index >= 15 is 0 Å². The number of ether oxygens (including phenoxy) is 1. The molecule has 4 aliphatic rings. The molecule has 4 fully saturated rings. The van der Waals surface area contributed by atoms with Crippen LogP contribution < -0.4 is 24.7 Å². The fraction of sp³-hybridized carbons (Fsp3) is 0.462. The number of nitrogens with one attached hydrogen (secondary N) is 4. The van der Waals surface area contributed by atoms with Crippen molar-refractivity contribution in [3.63, 3.8) is 0 Å². The zero-order valence-electron chi connectivity index (χ0n) is 47.2. The van der Waals surface area contributed by atoms with Gasteiger partial charge in [0.1, 0.15) is 0 Å². The lowest BCUT2D eigenvalue weighted by Crippen LogP contribution is -2.51. The maximum atomic E-state index is 12.2. The van der Waals surface area contributed by atoms with E-state index in [0.29, 0.717) is 105 Å². The molecule has 450 valence electrons. The van der Waals surface area contributed by atoms with Gasteiger partial charge in [0.05, 0.1) is 64.5 Å². The van der Waals surface area contributed by atoms with Gasteiger partial charge in [0, 0.05) is 170 Å². The van der Waals surface area contributed by atoms with Crippen molar-refractivity contribution in [3.05, 3.63) is 97.6 Å². The second-order valence-electron chi connectivity index (χ2n) is 20.7. The molecule has 4 aliphatic heterocycles. The number of fused-ring (bicyclic) bond motifs is 4. The topological polar surface area (TPSA) is 316 Å². The number of rotatable bonds is 13. The first-order valence-corrected chi connectivity index (χ1v) is 33.3. The largest absolute Gasteiger partial charge is 0.384 e. The third-order valence-electron chi connectivity index (χ3n) is 15.2. The van der Waals surface area contributed by atoms with Gasteiger partial charge in [0.15, 0.2) is 0 Å². The first kappa shape index (κ1) is 61.1. The van der Waals surface area contributed by atoms with Crippen LogP contribution in [0.3, 0.4) is 0 Å². The summed E-state index contributed by atoms with van der Waals surface area (Å²) >= 11 is 0. The molecule has 12 rings (SSSR count). The Morgan fingerprint density at radius 2 is 0.771 bits per heavy atom. The Bertz CT molecular complexity index is 3770. The lowest BCUT2D eigenvalue weighted by Gasteiger charge is -2.36. The third-order valence-corrected chi connectivity index (χ3v) is 22.3. The smallest absolute Gasteiger partial charge is 0.281 e. The Morgan fingerprint density at radius 1 is 0.470 bits per heavy atom. The highest BCUT2D eigenvalue weighted by Crippen LogP contribution is 2.31. The number of sulfonamides is 2. The number of nitrogens with zero attached hydrogens (tertiary/aromatic N) is 13. The van der Waals surface area contributed by atoms with E-state index in [1.807, 2.05) is 85.3 Å². The van der Waals surface area contributed by atoms with Gasteiger partial charge >= 0.3 is 0 Å². The van der Waals surface area contributed by atoms with Crippen LogP contribution in [0.2, 0.25) is 0 Å². The minimum absolute atomic E-state index is 0.0425. The molecule has 0 amide bonds. The normalized spacial score (nSPS) is 17.7. The minimum Gasteiger partial charge on any atom is -0.384 e. The SMILES string of the molecule is CC(C)S(=O)(=O)N1CCN(c2cccc3[nH]ncc23)CC1.CN(C)S(=O)(=O)N1CCN(c2cccc3[nH]ncc23)CC1.COCCS(=O)(=O)N1CCN(c2cccc3[nH]ncc23)CC1.NS(=O)(=O)N1CCN(c2cccc3[nH]ncc23)CC1. The van der Waals surface area contributed by atoms with Crippen LogP contribution in [0.25, 0.3) is 43.6 Å². The summed E-state index contributed by atoms with van der Waals surface area (Å²) in [4.78, 5) is 8.80. The first-order chi connectivity index (χ1) is 39.7. The second-order valence-corrected chi connectivity index (χ2v) is 29.0. The number of hydrogen-bond acceptors (Lipinski definition) is 17. The monoisotopic (exact) mass is 1220 g/mol. The fourth-order valence-electron chi connectivity index (χ4n) is 10.5. The summed E-state index contributed by atoms with van der Waals surface area (Å²) in [7, 11) is -8.62. The number of aromatic nitrogens is 8. The number of nitrogens with two attached hydrogens (primary N) is 1. The molecule has 0 unspecified atom stereocenters. The molecule has 0 spiro atoms. The summed E-state index contributed by atoms with van der Waals surface area (Å²) in [5.41, 5.74) is 8.35. The lowest BCUT2D eigenvalue weighted by molar-refractivity contribution is 0.215. The fourth-order valence-corrected chi connectivity index (χ4v) is 14.9. The van der Waals surface area contributed by atoms with Gasteiger partial charge in [-0.15, -0.1) is 0 Å². The zero-order valence-corrected chi connectivity index (χ0v) is 50.5. The van der Waals surface area contributed by atoms with E-state index in [4.69, 9.17) is 9.88 Å². The summed E-state index contributed by atoms with van der Waals surface area (Å²) in [6.07, 6.45) is 7.23. The number of anilines is 4. The first-order valence-electron chi connectivity index (χ1n) is 27.3. The van der Waals surface area contributed by atoms with Gasteiger partial charge in [-0.2, -0.15) is 58.8 Å². The van der Waals surface area contributed by atoms with Gasteiger partial charge in [-0.1, -0.05) is 24.3 Å². The lowest BCUT2D eigenvalue weighted by atomic mass is 10.2. The van der Waals surface area contributed by atoms with E-state index in [-0.39, 0.29) is 17.6 Å². The Hall–Kier alpha value is -6.52. The molecule has 6 N–H and O–H groups in total. The van der Waals surface area contributed by atoms with Crippen LogP contribution >= 0.6 is 0 Å². The van der Waals surface area contributed by atoms with E-state index in [1.165, 1.54) is 20.0 Å². The Kier molecular flexibility index (Phi) is 19.3. The average Bonchev–Trinajstić information content (AvgIpc) is 4.58. The molecule has 0 radical (unpaired) electrons. The molecule has 0 saturated carbocycles. The number of H-pyrrole nitrogens is 4. The van der Waals surface area contributed by atoms with Crippen LogP contribution in [0.5, 0.6) is 0 Å². The van der Waals surface area contributed by atoms with Crippen molar-refractivity contribution in [1.29, 1.82) is 0 Å². The molecule has 31 heteroatoms. The molecule has 0 atom stereocenters. The number of benzene rings is 4. The van der Waals surface area contributed by atoms with Crippen molar-refractivity contribution in [1.82, 2.24) is 62.3 Å². The van der Waals surface area contributed by atoms with E-state index in [9.17, 15) is 33.7 Å². The Morgan fingerprint density at radius 3 is 1.06 bits per heavy atom. The van der Waals surface area contributed by atoms with Gasteiger partial charge in [-0.05, 0) is 62.4 Å². The van der Waals surface area contributed by atoms with Crippen molar-refractivity contribution in [2.24, 2.45) is 5.14 Å². The predicted molar refractivity (Wildman–Crippen MR) is 325 cm³/mol. The van der Waals surface area contributed by atoms with Gasteiger partial charge in [0.2, 0.25) is 20.0 Å². The molecule has 8 aromatic rings. The molecule has 83 heavy (non-hydrogen) atoms. The van der Waals surface area contributed by atoms with E-state index < -0.39 is 40.5 Å². The molecule has 4 aromatic heterocycles. The van der Waals surface area contributed by atoms with Crippen LogP contribution in [-0.2, 0) is 45.2 Å². The molecule has 0 bridgehead atoms. The van der Waals surface area contributed by atoms with Crippen molar-refractivity contribution in [3.8, 4) is 0 Å². The van der Waals surface area contributed by atoms with Crippen molar-refractivity contribution >= 4 is 107 Å². The highest BCUT2D eigenvalue weighted by atomic mass is 32.2. The standard InChI is InChI=1S/C14H20N4O3S.C14H20N4O2S.C13H19N5O2S.C11H15N5O2S/c1-21-9-10-22(19,20)18-7-5-17(6-8-18)14-4-2-3-13-12(14)11-15-16-13;1-11(2)21(19,20)18-8-6-17(7-9-18)14-5-3-4-13-12(14)10-15-16-13;1-16(2)21(19,20)18-8-6-17(7-9-18)13-5-3-4-12-11(13)10-14-15-12;12-19(17,18)16-6-4-15(5-7-16)11-3-1-2-10-9(11)8-13-14-10/h2-4,11H,5-10H2,1H3,(H,15,16);3-5,10-11H,6-9H2,1-2H3,(H,15,16);3-5,10H,6-9H2,1-2H3,(H,14,15);1-3,8H,4-7H2,(H,13,14)(H2,12,17,18). The number of hydrogen-bond donors (Lipinski definition) is 5. The minimum atomic E-state index is -3.58. The van der Waals surface area contributed by atoms with E-state index in [2.05, 4.69) is 66.5 Å². The van der Waals surface area contributed by atoms with Gasteiger partial charge < -0.3 is 24.3 Å². The molecular weight excluding hydrogens is 1150 g/mol. The molecule has 27 nitrogen and oxygen atoms in total. The average molecular weight is 1220 g/mol. The molecular formula is C52H74N18O9S4. The second kappa shape index (κ2) is 26.2. The summed E-state index contributed by atoms with van der Waals surface area (Å²) < 4.78 is 108. The maximum Gasteiger partial charge on any atom is 0.281 e. The molecule has 4 aromatic carbocycles. The van der Waals surface area contributed by atoms with Crippen LogP contribution in [0.4, 0.5) is 22.7 Å². The van der Waals surface area contributed by atoms with Crippen molar-refractivity contribution in [2.75, 3.05) is 158 Å². The summed E-state index contributed by atoms with van der Waals surface area (Å²) in [6.45, 7) is 12.9. The van der Waals surface area contributed by atoms with Gasteiger partial charge in [-0.3, -0.25) is 20.4 Å². The number of methoxy groups -OCH3 is 1. The summed E-state index contributed by atoms with van der Waals surface area (Å²) in [5, 5.41) is 37.1. The number of aromatic amines is 4. The van der Waals surface area contributed by atoms with Gasteiger partial charge in [0.25, 0.3) is 20.4 Å². The predicted octanol–water partition coefficient (Wildman–Crippen LogP) is 2.46. The highest BCUT2D eigenvalue weighted by molar-refractivity contribution is 7.89. The zero-order chi connectivity index (χ0) is 59.1. The van der Waals surface area contributed by atoms with Crippen LogP contribution in [0.15, 0.2) is 97.6 Å². The van der Waals surface area contributed by atoms with Gasteiger partial charge in [-0.25, -0.2) is 22.0 Å². The quantitative estimate of drug-likeness (QED) is 0.111. The van der Waals surface area contributed by atoms with E-state index in [1.54, 1.807) is 42.8 Å². The van der Waals surface area contributed by atoms with Crippen LogP contribution in [0, 0.1) is 0 Å². The van der Waals surface area contributed by atoms with Crippen molar-refractivity contribution in [2.45, 2.75) is 19.1 Å². The van der Waals surface area contributed by atoms with Crippen molar-refractivity contribution < 1.29 is 38.4 Å². The summed E-state index contributed by atoms with van der Waals surface area (Å²) in [5.74, 6) is 0.0425. The molecule has 0 aliphatic carbocycles. The number of piperazine rings is 4. The highest BCUT2D eigenvalue weighted by Gasteiger charge is 2.32. The third kappa shape index (κ3) is 14.0.